The number of rotatable bonds is 6. The lowest BCUT2D eigenvalue weighted by molar-refractivity contribution is 0.0551. The van der Waals surface area contributed by atoms with Gasteiger partial charge in [0.1, 0.15) is 5.75 Å². The molecule has 1 rings (SSSR count). The van der Waals surface area contributed by atoms with Gasteiger partial charge >= 0.3 is 0 Å². The lowest BCUT2D eigenvalue weighted by Gasteiger charge is -2.25. The summed E-state index contributed by atoms with van der Waals surface area (Å²) in [4.78, 5) is 11.9. The summed E-state index contributed by atoms with van der Waals surface area (Å²) in [5.41, 5.74) is 0.433. The highest BCUT2D eigenvalue weighted by Crippen LogP contribution is 2.21. The van der Waals surface area contributed by atoms with Gasteiger partial charge in [0.25, 0.3) is 5.91 Å². The van der Waals surface area contributed by atoms with E-state index in [9.17, 15) is 9.90 Å². The standard InChI is InChI=1S/C16H25NO3/c1-5-20-13-8-6-12(7-9-13)15(19)17-11-10-14(18)16(2,3)4/h6-9,14,18H,5,10-11H2,1-4H3,(H,17,19). The van der Waals surface area contributed by atoms with Gasteiger partial charge in [0.2, 0.25) is 0 Å². The largest absolute Gasteiger partial charge is 0.494 e. The quantitative estimate of drug-likeness (QED) is 0.841. The molecule has 1 aromatic rings. The van der Waals surface area contributed by atoms with E-state index in [-0.39, 0.29) is 11.3 Å². The number of benzene rings is 1. The molecule has 0 heterocycles. The molecule has 0 aliphatic rings. The summed E-state index contributed by atoms with van der Waals surface area (Å²) in [5, 5.41) is 12.7. The van der Waals surface area contributed by atoms with Crippen LogP contribution in [0.2, 0.25) is 0 Å². The Bertz CT molecular complexity index is 420. The molecule has 2 N–H and O–H groups in total. The van der Waals surface area contributed by atoms with Gasteiger partial charge in [0, 0.05) is 12.1 Å². The zero-order chi connectivity index (χ0) is 15.2. The first-order valence-electron chi connectivity index (χ1n) is 7.03. The summed E-state index contributed by atoms with van der Waals surface area (Å²) in [5.74, 6) is 0.626. The van der Waals surface area contributed by atoms with Crippen LogP contribution in [0.15, 0.2) is 24.3 Å². The van der Waals surface area contributed by atoms with Crippen molar-refractivity contribution in [2.75, 3.05) is 13.2 Å². The minimum atomic E-state index is -0.428. The Morgan fingerprint density at radius 1 is 1.30 bits per heavy atom. The fourth-order valence-electron chi connectivity index (χ4n) is 1.73. The number of aliphatic hydroxyl groups is 1. The smallest absolute Gasteiger partial charge is 0.251 e. The second kappa shape index (κ2) is 7.29. The van der Waals surface area contributed by atoms with Gasteiger partial charge < -0.3 is 15.2 Å². The molecule has 1 unspecified atom stereocenters. The summed E-state index contributed by atoms with van der Waals surface area (Å²) in [6.45, 7) is 8.92. The third kappa shape index (κ3) is 5.21. The maximum absolute atomic E-state index is 11.9. The van der Waals surface area contributed by atoms with E-state index >= 15 is 0 Å². The molecule has 0 fully saturated rings. The van der Waals surface area contributed by atoms with Crippen molar-refractivity contribution in [1.29, 1.82) is 0 Å². The van der Waals surface area contributed by atoms with Gasteiger partial charge in [-0.2, -0.15) is 0 Å². The van der Waals surface area contributed by atoms with Crippen molar-refractivity contribution in [3.63, 3.8) is 0 Å². The number of carbonyl (C=O) groups is 1. The van der Waals surface area contributed by atoms with E-state index in [2.05, 4.69) is 5.32 Å². The highest BCUT2D eigenvalue weighted by atomic mass is 16.5. The zero-order valence-electron chi connectivity index (χ0n) is 12.8. The fourth-order valence-corrected chi connectivity index (χ4v) is 1.73. The second-order valence-corrected chi connectivity index (χ2v) is 5.88. The Morgan fingerprint density at radius 3 is 2.40 bits per heavy atom. The Balaban J connectivity index is 2.43. The van der Waals surface area contributed by atoms with Crippen molar-refractivity contribution in [2.24, 2.45) is 5.41 Å². The van der Waals surface area contributed by atoms with Gasteiger partial charge in [0.05, 0.1) is 12.7 Å². The Kier molecular flexibility index (Phi) is 6.02. The molecule has 4 heteroatoms. The molecule has 20 heavy (non-hydrogen) atoms. The number of carbonyl (C=O) groups excluding carboxylic acids is 1. The molecule has 4 nitrogen and oxygen atoms in total. The van der Waals surface area contributed by atoms with E-state index in [4.69, 9.17) is 4.74 Å². The third-order valence-corrected chi connectivity index (χ3v) is 3.13. The molecule has 1 amide bonds. The first kappa shape index (κ1) is 16.5. The topological polar surface area (TPSA) is 58.6 Å². The molecule has 1 aromatic carbocycles. The summed E-state index contributed by atoms with van der Waals surface area (Å²) >= 11 is 0. The van der Waals surface area contributed by atoms with Crippen LogP contribution in [0.25, 0.3) is 0 Å². The van der Waals surface area contributed by atoms with Crippen molar-refractivity contribution < 1.29 is 14.6 Å². The third-order valence-electron chi connectivity index (χ3n) is 3.13. The van der Waals surface area contributed by atoms with E-state index in [1.807, 2.05) is 27.7 Å². The predicted octanol–water partition coefficient (Wildman–Crippen LogP) is 2.61. The van der Waals surface area contributed by atoms with Gasteiger partial charge in [-0.25, -0.2) is 0 Å². The molecule has 0 radical (unpaired) electrons. The summed E-state index contributed by atoms with van der Waals surface area (Å²) in [7, 11) is 0. The van der Waals surface area contributed by atoms with Crippen LogP contribution in [0.4, 0.5) is 0 Å². The van der Waals surface area contributed by atoms with Crippen LogP contribution in [-0.2, 0) is 0 Å². The zero-order valence-corrected chi connectivity index (χ0v) is 12.8. The number of aliphatic hydroxyl groups excluding tert-OH is 1. The lowest BCUT2D eigenvalue weighted by atomic mass is 9.87. The first-order chi connectivity index (χ1) is 9.34. The van der Waals surface area contributed by atoms with E-state index < -0.39 is 6.10 Å². The maximum atomic E-state index is 11.9. The summed E-state index contributed by atoms with van der Waals surface area (Å²) in [6.07, 6.45) is 0.120. The monoisotopic (exact) mass is 279 g/mol. The van der Waals surface area contributed by atoms with E-state index in [1.54, 1.807) is 24.3 Å². The van der Waals surface area contributed by atoms with Gasteiger partial charge in [-0.15, -0.1) is 0 Å². The van der Waals surface area contributed by atoms with E-state index in [0.717, 1.165) is 5.75 Å². The predicted molar refractivity (Wildman–Crippen MR) is 80.0 cm³/mol. The molecule has 0 bridgehead atoms. The molecule has 0 saturated heterocycles. The Labute approximate surface area is 121 Å². The number of amides is 1. The molecule has 112 valence electrons. The van der Waals surface area contributed by atoms with Gasteiger partial charge in [-0.05, 0) is 43.0 Å². The summed E-state index contributed by atoms with van der Waals surface area (Å²) in [6, 6.07) is 7.03. The molecule has 0 aliphatic heterocycles. The first-order valence-corrected chi connectivity index (χ1v) is 7.03. The minimum absolute atomic E-state index is 0.130. The van der Waals surface area contributed by atoms with Crippen LogP contribution in [0.1, 0.15) is 44.5 Å². The molecule has 0 spiro atoms. The van der Waals surface area contributed by atoms with Crippen molar-refractivity contribution in [3.05, 3.63) is 29.8 Å². The highest BCUT2D eigenvalue weighted by Gasteiger charge is 2.21. The van der Waals surface area contributed by atoms with Crippen LogP contribution < -0.4 is 10.1 Å². The lowest BCUT2D eigenvalue weighted by Crippen LogP contribution is -2.32. The summed E-state index contributed by atoms with van der Waals surface area (Å²) < 4.78 is 5.33. The molecule has 1 atom stereocenters. The van der Waals surface area contributed by atoms with Crippen LogP contribution in [0.5, 0.6) is 5.75 Å². The van der Waals surface area contributed by atoms with Crippen LogP contribution >= 0.6 is 0 Å². The molecular weight excluding hydrogens is 254 g/mol. The molecule has 0 aliphatic carbocycles. The number of ether oxygens (including phenoxy) is 1. The van der Waals surface area contributed by atoms with Crippen molar-refractivity contribution in [1.82, 2.24) is 5.32 Å². The number of hydrogen-bond donors (Lipinski definition) is 2. The highest BCUT2D eigenvalue weighted by molar-refractivity contribution is 5.94. The number of hydrogen-bond acceptors (Lipinski definition) is 3. The normalized spacial score (nSPS) is 12.8. The molecule has 0 aromatic heterocycles. The Hall–Kier alpha value is -1.55. The van der Waals surface area contributed by atoms with Gasteiger partial charge in [-0.1, -0.05) is 20.8 Å². The van der Waals surface area contributed by atoms with E-state index in [1.165, 1.54) is 0 Å². The average molecular weight is 279 g/mol. The minimum Gasteiger partial charge on any atom is -0.494 e. The number of nitrogens with one attached hydrogen (secondary N) is 1. The van der Waals surface area contributed by atoms with Crippen molar-refractivity contribution in [3.8, 4) is 5.75 Å². The van der Waals surface area contributed by atoms with Crippen LogP contribution in [0.3, 0.4) is 0 Å². The second-order valence-electron chi connectivity index (χ2n) is 5.88. The maximum Gasteiger partial charge on any atom is 0.251 e. The van der Waals surface area contributed by atoms with Crippen LogP contribution in [0, 0.1) is 5.41 Å². The van der Waals surface area contributed by atoms with Crippen molar-refractivity contribution >= 4 is 5.91 Å². The fraction of sp³-hybridized carbons (Fsp3) is 0.562. The van der Waals surface area contributed by atoms with Crippen LogP contribution in [-0.4, -0.2) is 30.3 Å². The molecular formula is C16H25NO3. The van der Waals surface area contributed by atoms with E-state index in [0.29, 0.717) is 25.1 Å². The molecule has 0 saturated carbocycles. The Morgan fingerprint density at radius 2 is 1.90 bits per heavy atom. The SMILES string of the molecule is CCOc1ccc(C(=O)NCCC(O)C(C)(C)C)cc1. The average Bonchev–Trinajstić information content (AvgIpc) is 2.38. The van der Waals surface area contributed by atoms with Crippen molar-refractivity contribution in [2.45, 2.75) is 40.2 Å². The van der Waals surface area contributed by atoms with Gasteiger partial charge in [-0.3, -0.25) is 4.79 Å². The van der Waals surface area contributed by atoms with Gasteiger partial charge in [0.15, 0.2) is 0 Å².